The Morgan fingerprint density at radius 1 is 1.17 bits per heavy atom. The first-order chi connectivity index (χ1) is 14.0. The number of anilines is 1. The van der Waals surface area contributed by atoms with Gasteiger partial charge >= 0.3 is 5.97 Å². The summed E-state index contributed by atoms with van der Waals surface area (Å²) in [5.74, 6) is -0.160. The second-order valence-electron chi connectivity index (χ2n) is 6.32. The number of carbonyl (C=O) groups excluding carboxylic acids is 2. The van der Waals surface area contributed by atoms with E-state index in [0.29, 0.717) is 23.7 Å². The van der Waals surface area contributed by atoms with Gasteiger partial charge in [0, 0.05) is 16.2 Å². The monoisotopic (exact) mass is 409 g/mol. The molecule has 1 heterocycles. The van der Waals surface area contributed by atoms with Crippen LogP contribution in [0.1, 0.15) is 19.4 Å². The Kier molecular flexibility index (Phi) is 6.44. The quantitative estimate of drug-likeness (QED) is 0.394. The molecule has 0 N–H and O–H groups in total. The molecule has 3 rings (SSSR count). The lowest BCUT2D eigenvalue weighted by Gasteiger charge is -2.18. The molecule has 0 saturated heterocycles. The molecule has 0 fully saturated rings. The second kappa shape index (κ2) is 9.01. The zero-order chi connectivity index (χ0) is 21.0. The van der Waals surface area contributed by atoms with Crippen LogP contribution in [0.15, 0.2) is 70.3 Å². The number of ether oxygens (including phenoxy) is 2. The van der Waals surface area contributed by atoms with E-state index in [2.05, 4.69) is 0 Å². The fourth-order valence-corrected chi connectivity index (χ4v) is 3.74. The van der Waals surface area contributed by atoms with Crippen LogP contribution in [-0.2, 0) is 14.3 Å². The summed E-state index contributed by atoms with van der Waals surface area (Å²) in [6, 6.07) is 15.1. The number of carbonyl (C=O) groups is 2. The van der Waals surface area contributed by atoms with Crippen LogP contribution in [0.3, 0.4) is 0 Å². The van der Waals surface area contributed by atoms with E-state index in [1.54, 1.807) is 29.7 Å². The summed E-state index contributed by atoms with van der Waals surface area (Å²) < 4.78 is 10.6. The molecule has 5 nitrogen and oxygen atoms in total. The van der Waals surface area contributed by atoms with Gasteiger partial charge in [0.1, 0.15) is 5.75 Å². The first-order valence-electron chi connectivity index (χ1n) is 9.23. The van der Waals surface area contributed by atoms with Gasteiger partial charge in [0.25, 0.3) is 5.91 Å². The van der Waals surface area contributed by atoms with Crippen LogP contribution < -0.4 is 9.64 Å². The highest BCUT2D eigenvalue weighted by atomic mass is 32.2. The van der Waals surface area contributed by atoms with Crippen LogP contribution in [0.2, 0.25) is 0 Å². The van der Waals surface area contributed by atoms with Crippen molar-refractivity contribution in [3.63, 3.8) is 0 Å². The maximum Gasteiger partial charge on any atom is 0.340 e. The molecular formula is C23H23NO4S. The van der Waals surface area contributed by atoms with Gasteiger partial charge in [0.05, 0.1) is 30.6 Å². The first-order valence-corrected chi connectivity index (χ1v) is 10.5. The Hall–Kier alpha value is -2.99. The molecule has 0 saturated carbocycles. The minimum Gasteiger partial charge on any atom is -0.493 e. The van der Waals surface area contributed by atoms with Gasteiger partial charge in [0.2, 0.25) is 0 Å². The lowest BCUT2D eigenvalue weighted by molar-refractivity contribution is -0.136. The number of thioether (sulfide) groups is 1. The number of rotatable bonds is 6. The molecule has 29 heavy (non-hydrogen) atoms. The second-order valence-corrected chi connectivity index (χ2v) is 7.20. The Labute approximate surface area is 175 Å². The number of esters is 1. The van der Waals surface area contributed by atoms with Gasteiger partial charge in [0.15, 0.2) is 0 Å². The summed E-state index contributed by atoms with van der Waals surface area (Å²) in [5, 5.41) is 0. The smallest absolute Gasteiger partial charge is 0.340 e. The van der Waals surface area contributed by atoms with Crippen LogP contribution in [0.5, 0.6) is 5.75 Å². The van der Waals surface area contributed by atoms with E-state index >= 15 is 0 Å². The molecule has 1 aliphatic rings. The van der Waals surface area contributed by atoms with Crippen LogP contribution >= 0.6 is 11.8 Å². The summed E-state index contributed by atoms with van der Waals surface area (Å²) in [6.45, 7) is 4.15. The van der Waals surface area contributed by atoms with E-state index in [4.69, 9.17) is 9.47 Å². The van der Waals surface area contributed by atoms with Crippen molar-refractivity contribution in [2.75, 3.05) is 24.9 Å². The number of nitrogens with zero attached hydrogens (tertiary/aromatic N) is 1. The number of hydrogen-bond donors (Lipinski definition) is 0. The Morgan fingerprint density at radius 3 is 2.62 bits per heavy atom. The van der Waals surface area contributed by atoms with Crippen LogP contribution in [0.25, 0.3) is 6.08 Å². The predicted molar refractivity (Wildman–Crippen MR) is 116 cm³/mol. The Morgan fingerprint density at radius 2 is 1.93 bits per heavy atom. The average Bonchev–Trinajstić information content (AvgIpc) is 2.98. The largest absolute Gasteiger partial charge is 0.493 e. The SMILES string of the molecule is CCOc1ccccc1/C=C1\C(=O)N(c2cccc(SC)c2)C(C)=C1C(=O)OC. The van der Waals surface area contributed by atoms with E-state index < -0.39 is 5.97 Å². The van der Waals surface area contributed by atoms with E-state index in [1.165, 1.54) is 7.11 Å². The standard InChI is InChI=1S/C23H23NO4S/c1-5-28-20-12-7-6-9-16(20)13-19-21(23(26)27-3)15(2)24(22(19)25)17-10-8-11-18(14-17)29-4/h6-14H,5H2,1-4H3/b19-13-. The van der Waals surface area contributed by atoms with Crippen molar-refractivity contribution in [1.29, 1.82) is 0 Å². The molecule has 0 bridgehead atoms. The van der Waals surface area contributed by atoms with Crippen molar-refractivity contribution in [3.8, 4) is 5.75 Å². The van der Waals surface area contributed by atoms with Crippen LogP contribution in [0.4, 0.5) is 5.69 Å². The van der Waals surface area contributed by atoms with Crippen molar-refractivity contribution in [3.05, 3.63) is 70.9 Å². The Balaban J connectivity index is 2.15. The van der Waals surface area contributed by atoms with Gasteiger partial charge < -0.3 is 9.47 Å². The maximum atomic E-state index is 13.4. The van der Waals surface area contributed by atoms with E-state index in [1.807, 2.05) is 61.7 Å². The molecule has 0 spiro atoms. The van der Waals surface area contributed by atoms with Gasteiger partial charge in [-0.15, -0.1) is 11.8 Å². The van der Waals surface area contributed by atoms with Crippen LogP contribution in [-0.4, -0.2) is 31.8 Å². The summed E-state index contributed by atoms with van der Waals surface area (Å²) in [4.78, 5) is 28.5. The molecular weight excluding hydrogens is 386 g/mol. The fraction of sp³-hybridized carbons (Fsp3) is 0.217. The van der Waals surface area contributed by atoms with E-state index in [0.717, 1.165) is 10.5 Å². The number of methoxy groups -OCH3 is 1. The van der Waals surface area contributed by atoms with E-state index in [-0.39, 0.29) is 17.1 Å². The van der Waals surface area contributed by atoms with Gasteiger partial charge in [-0.3, -0.25) is 9.69 Å². The summed E-state index contributed by atoms with van der Waals surface area (Å²) in [7, 11) is 1.32. The number of amides is 1. The van der Waals surface area contributed by atoms with Crippen LogP contribution in [0, 0.1) is 0 Å². The number of benzene rings is 2. The lowest BCUT2D eigenvalue weighted by atomic mass is 10.0. The number of hydrogen-bond acceptors (Lipinski definition) is 5. The molecule has 2 aromatic rings. The molecule has 0 unspecified atom stereocenters. The van der Waals surface area contributed by atoms with Gasteiger partial charge in [-0.05, 0) is 50.4 Å². The zero-order valence-corrected chi connectivity index (χ0v) is 17.7. The fourth-order valence-electron chi connectivity index (χ4n) is 3.28. The predicted octanol–water partition coefficient (Wildman–Crippen LogP) is 4.68. The molecule has 1 amide bonds. The van der Waals surface area contributed by atoms with Crippen molar-refractivity contribution >= 4 is 35.4 Å². The number of allylic oxidation sites excluding steroid dienone is 1. The summed E-state index contributed by atoms with van der Waals surface area (Å²) in [5.41, 5.74) is 2.53. The number of para-hydroxylation sites is 1. The lowest BCUT2D eigenvalue weighted by Crippen LogP contribution is -2.24. The molecule has 2 aromatic carbocycles. The molecule has 0 atom stereocenters. The zero-order valence-electron chi connectivity index (χ0n) is 16.9. The van der Waals surface area contributed by atoms with Gasteiger partial charge in [-0.25, -0.2) is 4.79 Å². The minimum absolute atomic E-state index is 0.262. The van der Waals surface area contributed by atoms with Crippen molar-refractivity contribution < 1.29 is 19.1 Å². The third-order valence-electron chi connectivity index (χ3n) is 4.62. The topological polar surface area (TPSA) is 55.8 Å². The summed E-state index contributed by atoms with van der Waals surface area (Å²) in [6.07, 6.45) is 3.67. The first kappa shape index (κ1) is 20.7. The molecule has 150 valence electrons. The van der Waals surface area contributed by atoms with Gasteiger partial charge in [-0.2, -0.15) is 0 Å². The molecule has 0 radical (unpaired) electrons. The maximum absolute atomic E-state index is 13.4. The molecule has 0 aliphatic carbocycles. The van der Waals surface area contributed by atoms with Gasteiger partial charge in [-0.1, -0.05) is 24.3 Å². The molecule has 6 heteroatoms. The Bertz CT molecular complexity index is 1010. The molecule has 1 aliphatic heterocycles. The molecule has 0 aromatic heterocycles. The minimum atomic E-state index is -0.542. The van der Waals surface area contributed by atoms with E-state index in [9.17, 15) is 9.59 Å². The highest BCUT2D eigenvalue weighted by Gasteiger charge is 2.38. The van der Waals surface area contributed by atoms with Crippen molar-refractivity contribution in [2.24, 2.45) is 0 Å². The average molecular weight is 410 g/mol. The highest BCUT2D eigenvalue weighted by molar-refractivity contribution is 7.98. The normalized spacial score (nSPS) is 15.2. The van der Waals surface area contributed by atoms with Crippen molar-refractivity contribution in [2.45, 2.75) is 18.7 Å². The third kappa shape index (κ3) is 4.07. The summed E-state index contributed by atoms with van der Waals surface area (Å²) >= 11 is 1.59. The third-order valence-corrected chi connectivity index (χ3v) is 5.35. The highest BCUT2D eigenvalue weighted by Crippen LogP contribution is 2.37. The van der Waals surface area contributed by atoms with Crippen molar-refractivity contribution in [1.82, 2.24) is 0 Å².